The van der Waals surface area contributed by atoms with Gasteiger partial charge in [-0.15, -0.1) is 0 Å². The van der Waals surface area contributed by atoms with E-state index in [-0.39, 0.29) is 0 Å². The molecule has 0 unspecified atom stereocenters. The highest BCUT2D eigenvalue weighted by Gasteiger charge is 2.25. The third-order valence-electron chi connectivity index (χ3n) is 3.53. The van der Waals surface area contributed by atoms with E-state index in [1.807, 2.05) is 23.1 Å². The van der Waals surface area contributed by atoms with Crippen LogP contribution >= 0.6 is 50.4 Å². The lowest BCUT2D eigenvalue weighted by Gasteiger charge is -2.12. The van der Waals surface area contributed by atoms with Crippen LogP contribution in [0, 0.1) is 0 Å². The number of hydrogen-bond acceptors (Lipinski definition) is 4. The summed E-state index contributed by atoms with van der Waals surface area (Å²) in [6.07, 6.45) is 2.29. The van der Waals surface area contributed by atoms with Gasteiger partial charge in [-0.3, -0.25) is 0 Å². The molecule has 2 aromatic heterocycles. The first-order valence-corrected chi connectivity index (χ1v) is 9.73. The number of rotatable bonds is 1. The number of thiophene rings is 1. The van der Waals surface area contributed by atoms with E-state index < -0.39 is 0 Å². The van der Waals surface area contributed by atoms with Crippen molar-refractivity contribution in [2.45, 2.75) is 4.90 Å². The second-order valence-electron chi connectivity index (χ2n) is 4.85. The molecule has 3 aromatic rings. The Morgan fingerprint density at radius 1 is 1.29 bits per heavy atom. The zero-order valence-electron chi connectivity index (χ0n) is 11.5. The van der Waals surface area contributed by atoms with Crippen LogP contribution in [0.5, 0.6) is 0 Å². The average molecular weight is 396 g/mol. The van der Waals surface area contributed by atoms with E-state index in [4.69, 9.17) is 0 Å². The van der Waals surface area contributed by atoms with Gasteiger partial charge in [0, 0.05) is 16.4 Å². The van der Waals surface area contributed by atoms with Gasteiger partial charge in [0.05, 0.1) is 16.8 Å². The van der Waals surface area contributed by atoms with Gasteiger partial charge < -0.3 is 4.90 Å². The van der Waals surface area contributed by atoms with Gasteiger partial charge in [-0.05, 0) is 29.6 Å². The number of anilines is 1. The van der Waals surface area contributed by atoms with Crippen molar-refractivity contribution < 1.29 is 4.57 Å². The zero-order valence-corrected chi connectivity index (χ0v) is 15.5. The quantitative estimate of drug-likeness (QED) is 0.529. The molecule has 0 spiro atoms. The van der Waals surface area contributed by atoms with Crippen LogP contribution in [0.3, 0.4) is 0 Å². The number of fused-ring (bicyclic) bond motifs is 2. The molecule has 4 rings (SSSR count). The lowest BCUT2D eigenvalue weighted by atomic mass is 10.3. The van der Waals surface area contributed by atoms with Crippen LogP contribution in [-0.4, -0.2) is 7.05 Å². The molecule has 0 radical (unpaired) electrons. The number of aromatic nitrogens is 1. The highest BCUT2D eigenvalue weighted by molar-refractivity contribution is 9.10. The molecule has 106 valence electrons. The van der Waals surface area contributed by atoms with Gasteiger partial charge in [-0.2, -0.15) is 4.57 Å². The number of halogens is 1. The van der Waals surface area contributed by atoms with E-state index in [1.54, 1.807) is 11.3 Å². The fourth-order valence-corrected chi connectivity index (χ4v) is 6.05. The van der Waals surface area contributed by atoms with E-state index in [9.17, 15) is 0 Å². The van der Waals surface area contributed by atoms with Gasteiger partial charge in [0.1, 0.15) is 11.7 Å². The minimum Gasteiger partial charge on any atom is -0.338 e. The molecule has 0 bridgehead atoms. The van der Waals surface area contributed by atoms with Gasteiger partial charge in [0.2, 0.25) is 0 Å². The van der Waals surface area contributed by atoms with E-state index in [0.29, 0.717) is 0 Å². The van der Waals surface area contributed by atoms with Crippen molar-refractivity contribution in [2.24, 2.45) is 7.05 Å². The molecule has 1 aliphatic heterocycles. The highest BCUT2D eigenvalue weighted by Crippen LogP contribution is 2.46. The minimum atomic E-state index is 1.12. The largest absolute Gasteiger partial charge is 0.338 e. The monoisotopic (exact) mass is 395 g/mol. The summed E-state index contributed by atoms with van der Waals surface area (Å²) in [5.41, 5.74) is 1.27. The number of hydrogen-bond donors (Lipinski definition) is 0. The van der Waals surface area contributed by atoms with Crippen molar-refractivity contribution in [2.75, 3.05) is 11.9 Å². The molecular formula is C15H12BrN2S3+. The van der Waals surface area contributed by atoms with Gasteiger partial charge >= 0.3 is 0 Å². The summed E-state index contributed by atoms with van der Waals surface area (Å²) in [4.78, 5) is 4.92. The van der Waals surface area contributed by atoms with Crippen molar-refractivity contribution in [3.05, 3.63) is 44.2 Å². The summed E-state index contributed by atoms with van der Waals surface area (Å²) in [7, 11) is 4.28. The fraction of sp³-hybridized carbons (Fsp3) is 0.133. The summed E-state index contributed by atoms with van der Waals surface area (Å²) in [6.45, 7) is 0. The molecule has 0 atom stereocenters. The number of thioether (sulfide) groups is 1. The maximum absolute atomic E-state index is 3.55. The van der Waals surface area contributed by atoms with Crippen molar-refractivity contribution in [3.8, 4) is 0 Å². The van der Waals surface area contributed by atoms with Crippen LogP contribution in [0.25, 0.3) is 15.6 Å². The summed E-state index contributed by atoms with van der Waals surface area (Å²) in [6, 6.07) is 8.65. The molecule has 0 saturated carbocycles. The maximum Gasteiger partial charge on any atom is 0.280 e. The van der Waals surface area contributed by atoms with Crippen LogP contribution in [0.1, 0.15) is 5.01 Å². The molecule has 0 fully saturated rings. The molecule has 3 heterocycles. The molecule has 0 amide bonds. The summed E-state index contributed by atoms with van der Waals surface area (Å²) in [5.74, 6) is 0. The second-order valence-corrected chi connectivity index (χ2v) is 8.78. The number of thiazole rings is 1. The maximum atomic E-state index is 3.55. The van der Waals surface area contributed by atoms with Crippen molar-refractivity contribution in [3.63, 3.8) is 0 Å². The Hall–Kier alpha value is -0.820. The molecule has 0 saturated heterocycles. The van der Waals surface area contributed by atoms with Crippen molar-refractivity contribution in [1.29, 1.82) is 0 Å². The number of benzene rings is 1. The minimum absolute atomic E-state index is 1.12. The van der Waals surface area contributed by atoms with Crippen molar-refractivity contribution in [1.82, 2.24) is 0 Å². The molecular weight excluding hydrogens is 384 g/mol. The smallest absolute Gasteiger partial charge is 0.280 e. The van der Waals surface area contributed by atoms with Crippen LogP contribution in [0.15, 0.2) is 44.0 Å². The number of nitrogens with zero attached hydrogens (tertiary/aromatic N) is 2. The molecule has 1 aromatic carbocycles. The number of aryl methyl sites for hydroxylation is 1. The predicted octanol–water partition coefficient (Wildman–Crippen LogP) is 5.09. The standard InChI is InChI=1S/C15H12BrN2S3/c1-17-10-7-9(16)3-4-11(10)20-13(17)8-14-18(2)15-12(21-14)5-6-19-15/h3-8H,1-2H3/q+1. The van der Waals surface area contributed by atoms with Crippen LogP contribution in [-0.2, 0) is 7.05 Å². The summed E-state index contributed by atoms with van der Waals surface area (Å²) in [5, 5.41) is 4.72. The molecule has 0 N–H and O–H groups in total. The predicted molar refractivity (Wildman–Crippen MR) is 97.3 cm³/mol. The lowest BCUT2D eigenvalue weighted by Crippen LogP contribution is -2.28. The fourth-order valence-electron chi connectivity index (χ4n) is 2.39. The Balaban J connectivity index is 1.77. The highest BCUT2D eigenvalue weighted by atomic mass is 79.9. The topological polar surface area (TPSA) is 7.12 Å². The lowest BCUT2D eigenvalue weighted by molar-refractivity contribution is -0.640. The molecule has 2 nitrogen and oxygen atoms in total. The summed E-state index contributed by atoms with van der Waals surface area (Å²) < 4.78 is 4.77. The Kier molecular flexibility index (Phi) is 3.37. The van der Waals surface area contributed by atoms with Crippen LogP contribution < -0.4 is 9.47 Å². The first-order valence-electron chi connectivity index (χ1n) is 6.42. The summed E-state index contributed by atoms with van der Waals surface area (Å²) >= 11 is 9.03. The van der Waals surface area contributed by atoms with Crippen LogP contribution in [0.2, 0.25) is 0 Å². The van der Waals surface area contributed by atoms with E-state index in [2.05, 4.69) is 75.2 Å². The van der Waals surface area contributed by atoms with E-state index >= 15 is 0 Å². The van der Waals surface area contributed by atoms with Crippen LogP contribution in [0.4, 0.5) is 5.69 Å². The Morgan fingerprint density at radius 3 is 2.95 bits per heavy atom. The molecule has 21 heavy (non-hydrogen) atoms. The van der Waals surface area contributed by atoms with Crippen molar-refractivity contribution >= 4 is 71.7 Å². The van der Waals surface area contributed by atoms with Gasteiger partial charge in [-0.1, -0.05) is 50.4 Å². The van der Waals surface area contributed by atoms with E-state index in [0.717, 1.165) is 4.47 Å². The van der Waals surface area contributed by atoms with Gasteiger partial charge in [0.15, 0.2) is 0 Å². The second kappa shape index (κ2) is 5.12. The van der Waals surface area contributed by atoms with Gasteiger partial charge in [0.25, 0.3) is 9.84 Å². The SMILES string of the molecule is CN1/C(=C/c2sc3ccsc3[n+]2C)Sc2ccc(Br)cc21. The first-order chi connectivity index (χ1) is 10.1. The zero-order chi connectivity index (χ0) is 14.6. The Bertz CT molecular complexity index is 878. The molecule has 0 aliphatic carbocycles. The third-order valence-corrected chi connectivity index (χ3v) is 7.46. The third kappa shape index (κ3) is 2.25. The molecule has 6 heteroatoms. The first kappa shape index (κ1) is 13.8. The van der Waals surface area contributed by atoms with E-state index in [1.165, 1.54) is 30.1 Å². The average Bonchev–Trinajstić information content (AvgIpc) is 3.11. The normalized spacial score (nSPS) is 16.1. The van der Waals surface area contributed by atoms with Gasteiger partial charge in [-0.25, -0.2) is 0 Å². The Morgan fingerprint density at radius 2 is 2.14 bits per heavy atom. The Labute approximate surface area is 143 Å². The molecule has 1 aliphatic rings.